The zero-order chi connectivity index (χ0) is 38.9. The van der Waals surface area contributed by atoms with Crippen molar-refractivity contribution in [2.45, 2.75) is 76.3 Å². The van der Waals surface area contributed by atoms with Crippen molar-refractivity contribution in [3.63, 3.8) is 0 Å². The van der Waals surface area contributed by atoms with Gasteiger partial charge in [0, 0.05) is 61.0 Å². The molecule has 2 aromatic carbocycles. The number of rotatable bonds is 10. The van der Waals surface area contributed by atoms with Gasteiger partial charge in [-0.25, -0.2) is 9.97 Å². The van der Waals surface area contributed by atoms with E-state index in [-0.39, 0.29) is 0 Å². The second kappa shape index (κ2) is 18.2. The molecule has 0 atom stereocenters. The summed E-state index contributed by atoms with van der Waals surface area (Å²) < 4.78 is 10.9. The maximum absolute atomic E-state index is 5.43. The molecule has 4 aliphatic rings. The largest absolute Gasteiger partial charge is 0.378 e. The average molecular weight is 787 g/mol. The molecule has 2 saturated carbocycles. The number of H-pyrrole nitrogens is 2. The Morgan fingerprint density at radius 3 is 1.29 bits per heavy atom. The number of imidazole rings is 2. The van der Waals surface area contributed by atoms with Gasteiger partial charge in [-0.15, -0.1) is 0 Å². The van der Waals surface area contributed by atoms with Crippen LogP contribution in [0.5, 0.6) is 0 Å². The number of ether oxygens (including phenoxy) is 2. The van der Waals surface area contributed by atoms with Crippen molar-refractivity contribution < 1.29 is 9.47 Å². The third kappa shape index (κ3) is 9.34. The summed E-state index contributed by atoms with van der Waals surface area (Å²) in [5, 5.41) is 13.9. The first-order chi connectivity index (χ1) is 28.7. The molecular formula is C42H54N14O2. The zero-order valence-corrected chi connectivity index (χ0v) is 33.1. The average Bonchev–Trinajstić information content (AvgIpc) is 3.97. The Bertz CT molecular complexity index is 2040. The first-order valence-corrected chi connectivity index (χ1v) is 21.0. The van der Waals surface area contributed by atoms with E-state index in [4.69, 9.17) is 19.4 Å². The molecule has 58 heavy (non-hydrogen) atoms. The van der Waals surface area contributed by atoms with Gasteiger partial charge in [-0.3, -0.25) is 0 Å². The van der Waals surface area contributed by atoms with Gasteiger partial charge < -0.3 is 50.5 Å². The van der Waals surface area contributed by atoms with Crippen LogP contribution >= 0.6 is 0 Å². The van der Waals surface area contributed by atoms with Gasteiger partial charge in [0.2, 0.25) is 11.9 Å². The van der Waals surface area contributed by atoms with Crippen LogP contribution < -0.4 is 31.1 Å². The third-order valence-electron chi connectivity index (χ3n) is 11.5. The summed E-state index contributed by atoms with van der Waals surface area (Å²) in [6.07, 6.45) is 15.8. The molecule has 4 fully saturated rings. The van der Waals surface area contributed by atoms with Crippen molar-refractivity contribution in [1.29, 1.82) is 0 Å². The van der Waals surface area contributed by atoms with Crippen molar-refractivity contribution in [3.05, 3.63) is 61.2 Å². The highest BCUT2D eigenvalue weighted by Gasteiger charge is 2.20. The maximum atomic E-state index is 5.43. The van der Waals surface area contributed by atoms with Crippen LogP contribution in [0.4, 0.5) is 46.3 Å². The first kappa shape index (κ1) is 37.8. The van der Waals surface area contributed by atoms with Gasteiger partial charge in [-0.2, -0.15) is 19.9 Å². The molecule has 6 N–H and O–H groups in total. The number of aromatic amines is 2. The lowest BCUT2D eigenvalue weighted by Crippen LogP contribution is -2.36. The highest BCUT2D eigenvalue weighted by atomic mass is 16.5. The molecular weight excluding hydrogens is 733 g/mol. The third-order valence-corrected chi connectivity index (χ3v) is 11.5. The second-order valence-electron chi connectivity index (χ2n) is 15.5. The maximum Gasteiger partial charge on any atom is 0.231 e. The van der Waals surface area contributed by atoms with Crippen LogP contribution in [-0.2, 0) is 9.47 Å². The summed E-state index contributed by atoms with van der Waals surface area (Å²) in [4.78, 5) is 38.3. The fourth-order valence-corrected chi connectivity index (χ4v) is 8.28. The smallest absolute Gasteiger partial charge is 0.231 e. The lowest BCUT2D eigenvalue weighted by molar-refractivity contribution is 0.122. The number of nitrogens with one attached hydrogen (secondary N) is 6. The van der Waals surface area contributed by atoms with E-state index < -0.39 is 0 Å². The number of fused-ring (bicyclic) bond motifs is 2. The molecule has 6 aromatic rings. The number of hydrogen-bond acceptors (Lipinski definition) is 14. The normalized spacial score (nSPS) is 18.1. The second-order valence-corrected chi connectivity index (χ2v) is 15.5. The standard InChI is InChI=1S/2C21H27N7O/c2*1-2-4-15(5-3-1)24-20-18-19(23-14-22-18)26-21(27-20)25-16-6-8-17(9-7-16)28-10-12-29-13-11-28/h2*6-9,14-15H,1-5,10-13H2,(H3,22,23,24,25,26,27). The number of nitrogens with zero attached hydrogens (tertiary/aromatic N) is 8. The summed E-state index contributed by atoms with van der Waals surface area (Å²) in [7, 11) is 0. The molecule has 0 spiro atoms. The van der Waals surface area contributed by atoms with Gasteiger partial charge in [-0.05, 0) is 74.2 Å². The molecule has 16 heteroatoms. The lowest BCUT2D eigenvalue weighted by atomic mass is 9.95. The van der Waals surface area contributed by atoms with Gasteiger partial charge in [0.1, 0.15) is 11.0 Å². The molecule has 2 aliphatic heterocycles. The Hall–Kier alpha value is -5.74. The molecule has 0 amide bonds. The Morgan fingerprint density at radius 2 is 0.897 bits per heavy atom. The summed E-state index contributed by atoms with van der Waals surface area (Å²) >= 11 is 0. The van der Waals surface area contributed by atoms with E-state index in [0.29, 0.717) is 35.3 Å². The quantitative estimate of drug-likeness (QED) is 0.0811. The molecule has 16 nitrogen and oxygen atoms in total. The van der Waals surface area contributed by atoms with Crippen LogP contribution in [0.1, 0.15) is 64.2 Å². The Balaban J connectivity index is 0.000000150. The van der Waals surface area contributed by atoms with E-state index in [0.717, 1.165) is 86.7 Å². The van der Waals surface area contributed by atoms with Crippen molar-refractivity contribution in [3.8, 4) is 0 Å². The summed E-state index contributed by atoms with van der Waals surface area (Å²) in [5.41, 5.74) is 7.41. The Morgan fingerprint density at radius 1 is 0.500 bits per heavy atom. The van der Waals surface area contributed by atoms with Crippen LogP contribution in [0.2, 0.25) is 0 Å². The van der Waals surface area contributed by atoms with Crippen molar-refractivity contribution in [1.82, 2.24) is 39.9 Å². The van der Waals surface area contributed by atoms with Crippen molar-refractivity contribution in [2.24, 2.45) is 0 Å². The van der Waals surface area contributed by atoms with E-state index in [9.17, 15) is 0 Å². The number of hydrogen-bond donors (Lipinski definition) is 6. The zero-order valence-electron chi connectivity index (χ0n) is 33.1. The van der Waals surface area contributed by atoms with Crippen LogP contribution in [0.15, 0.2) is 61.2 Å². The predicted molar refractivity (Wildman–Crippen MR) is 230 cm³/mol. The molecule has 0 bridgehead atoms. The molecule has 2 aliphatic carbocycles. The van der Waals surface area contributed by atoms with Gasteiger partial charge >= 0.3 is 0 Å². The number of anilines is 8. The highest BCUT2D eigenvalue weighted by molar-refractivity contribution is 5.85. The highest BCUT2D eigenvalue weighted by Crippen LogP contribution is 2.29. The summed E-state index contributed by atoms with van der Waals surface area (Å²) in [6.45, 7) is 6.87. The van der Waals surface area contributed by atoms with E-state index in [1.165, 1.54) is 75.6 Å². The minimum atomic E-state index is 0.464. The van der Waals surface area contributed by atoms with Gasteiger partial charge in [0.05, 0.1) is 39.1 Å². The predicted octanol–water partition coefficient (Wildman–Crippen LogP) is 7.36. The van der Waals surface area contributed by atoms with Crippen molar-refractivity contribution >= 4 is 68.6 Å². The van der Waals surface area contributed by atoms with Gasteiger partial charge in [0.25, 0.3) is 0 Å². The SMILES string of the molecule is c1nc2nc(Nc3ccc(N4CCOCC4)cc3)nc(NC3CCCCC3)c2[nH]1.c1nc2nc(Nc3ccc(N4CCOCC4)cc3)nc(NC3CCCCC3)c2[nH]1. The van der Waals surface area contributed by atoms with Crippen LogP contribution in [0.25, 0.3) is 22.3 Å². The summed E-state index contributed by atoms with van der Waals surface area (Å²) in [5.74, 6) is 2.77. The van der Waals surface area contributed by atoms with Crippen LogP contribution in [-0.4, -0.2) is 105 Å². The molecule has 0 radical (unpaired) electrons. The molecule has 4 aromatic heterocycles. The minimum absolute atomic E-state index is 0.464. The minimum Gasteiger partial charge on any atom is -0.378 e. The lowest BCUT2D eigenvalue weighted by Gasteiger charge is -2.28. The Kier molecular flexibility index (Phi) is 11.9. The molecule has 0 unspecified atom stereocenters. The molecule has 2 saturated heterocycles. The molecule has 6 heterocycles. The van der Waals surface area contributed by atoms with Crippen molar-refractivity contribution in [2.75, 3.05) is 83.7 Å². The van der Waals surface area contributed by atoms with Gasteiger partial charge in [0.15, 0.2) is 22.9 Å². The van der Waals surface area contributed by atoms with E-state index in [1.807, 2.05) is 0 Å². The van der Waals surface area contributed by atoms with Crippen LogP contribution in [0.3, 0.4) is 0 Å². The topological polar surface area (TPSA) is 182 Å². The summed E-state index contributed by atoms with van der Waals surface area (Å²) in [6, 6.07) is 17.7. The monoisotopic (exact) mass is 786 g/mol. The number of benzene rings is 2. The number of morpholine rings is 2. The molecule has 304 valence electrons. The Labute approximate surface area is 338 Å². The fraction of sp³-hybridized carbons (Fsp3) is 0.476. The van der Waals surface area contributed by atoms with E-state index >= 15 is 0 Å². The number of aromatic nitrogens is 8. The molecule has 10 rings (SSSR count). The van der Waals surface area contributed by atoms with E-state index in [1.54, 1.807) is 12.7 Å². The van der Waals surface area contributed by atoms with E-state index in [2.05, 4.69) is 110 Å². The fourth-order valence-electron chi connectivity index (χ4n) is 8.28. The van der Waals surface area contributed by atoms with Gasteiger partial charge in [-0.1, -0.05) is 38.5 Å². The first-order valence-electron chi connectivity index (χ1n) is 21.0. The van der Waals surface area contributed by atoms with Crippen LogP contribution in [0, 0.1) is 0 Å².